The lowest BCUT2D eigenvalue weighted by Gasteiger charge is -2.08. The van der Waals surface area contributed by atoms with Gasteiger partial charge in [-0.15, -0.1) is 0 Å². The Balaban J connectivity index is 0.000000193. The van der Waals surface area contributed by atoms with Crippen LogP contribution < -0.4 is 14.8 Å². The molecule has 0 atom stereocenters. The minimum atomic E-state index is -0.531. The van der Waals surface area contributed by atoms with Crippen LogP contribution in [0.1, 0.15) is 31.3 Å². The van der Waals surface area contributed by atoms with E-state index in [0.717, 1.165) is 28.0 Å². The van der Waals surface area contributed by atoms with Crippen molar-refractivity contribution in [3.8, 4) is 23.3 Å². The zero-order chi connectivity index (χ0) is 38.4. The Morgan fingerprint density at radius 2 is 1.24 bits per heavy atom. The first-order valence-corrected chi connectivity index (χ1v) is 16.4. The zero-order valence-electron chi connectivity index (χ0n) is 28.1. The third-order valence-corrected chi connectivity index (χ3v) is 8.29. The predicted octanol–water partition coefficient (Wildman–Crippen LogP) is 8.75. The number of methoxy groups -OCH3 is 2. The molecule has 4 heterocycles. The molecule has 0 fully saturated rings. The molecule has 0 unspecified atom stereocenters. The first-order chi connectivity index (χ1) is 26.0. The lowest BCUT2D eigenvalue weighted by Crippen LogP contribution is -2.12. The molecule has 17 heteroatoms. The summed E-state index contributed by atoms with van der Waals surface area (Å²) in [6, 6.07) is 24.5. The second-order valence-electron chi connectivity index (χ2n) is 11.1. The number of halogens is 2. The Hall–Kier alpha value is -6.97. The number of nitro groups is 1. The van der Waals surface area contributed by atoms with Gasteiger partial charge in [-0.3, -0.25) is 14.9 Å². The molecule has 0 radical (unpaired) electrons. The van der Waals surface area contributed by atoms with Gasteiger partial charge < -0.3 is 34.2 Å². The molecule has 1 amide bonds. The van der Waals surface area contributed by atoms with Crippen molar-refractivity contribution in [3.63, 3.8) is 0 Å². The summed E-state index contributed by atoms with van der Waals surface area (Å²) < 4.78 is 20.7. The second kappa shape index (κ2) is 16.1. The Labute approximate surface area is 314 Å². The van der Waals surface area contributed by atoms with E-state index in [4.69, 9.17) is 37.4 Å². The molecule has 272 valence electrons. The number of carbonyl (C=O) groups excluding carboxylic acids is 3. The molecule has 4 aromatic heterocycles. The molecular weight excluding hydrogens is 743 g/mol. The summed E-state index contributed by atoms with van der Waals surface area (Å²) >= 11 is 11.8. The minimum absolute atomic E-state index is 0.110. The van der Waals surface area contributed by atoms with Gasteiger partial charge in [-0.05, 0) is 72.8 Å². The van der Waals surface area contributed by atoms with Crippen LogP contribution >= 0.6 is 23.2 Å². The van der Waals surface area contributed by atoms with Crippen molar-refractivity contribution in [3.05, 3.63) is 141 Å². The van der Waals surface area contributed by atoms with E-state index in [1.165, 1.54) is 38.6 Å². The van der Waals surface area contributed by atoms with E-state index in [1.807, 2.05) is 0 Å². The number of pyridine rings is 2. The monoisotopic (exact) mass is 768 g/mol. The Bertz CT molecular complexity index is 2520. The number of fused-ring (bicyclic) bond motifs is 2. The number of H-pyrrole nitrogens is 2. The number of hydrogen-bond acceptors (Lipinski definition) is 11. The molecule has 54 heavy (non-hydrogen) atoms. The number of rotatable bonds is 9. The number of nitrogens with zero attached hydrogens (tertiary/aromatic N) is 3. The van der Waals surface area contributed by atoms with Gasteiger partial charge in [0.05, 0.1) is 41.1 Å². The number of amides is 1. The van der Waals surface area contributed by atoms with Gasteiger partial charge in [-0.2, -0.15) is 0 Å². The highest BCUT2D eigenvalue weighted by atomic mass is 35.5. The molecule has 0 aliphatic heterocycles. The Kier molecular flexibility index (Phi) is 11.0. The zero-order valence-corrected chi connectivity index (χ0v) is 29.6. The Morgan fingerprint density at radius 1 is 0.685 bits per heavy atom. The van der Waals surface area contributed by atoms with Crippen molar-refractivity contribution in [2.45, 2.75) is 0 Å². The van der Waals surface area contributed by atoms with Gasteiger partial charge >= 0.3 is 11.9 Å². The van der Waals surface area contributed by atoms with E-state index < -0.39 is 16.9 Å². The molecule has 7 aromatic rings. The van der Waals surface area contributed by atoms with Crippen molar-refractivity contribution in [2.75, 3.05) is 19.5 Å². The molecule has 0 aliphatic rings. The SMILES string of the molecule is COC(=O)c1cc2cc(Oc3ccc(NC(=O)c4ccc(Cl)c(Cl)c4)cn3)ccc2[nH]1.COC(=O)c1cc2cc(Oc3ccc([N+](=O)[O-])cn3)ccc2[nH]1. The number of aromatic amines is 2. The van der Waals surface area contributed by atoms with Gasteiger partial charge in [-0.1, -0.05) is 23.2 Å². The lowest BCUT2D eigenvalue weighted by molar-refractivity contribution is -0.385. The van der Waals surface area contributed by atoms with Crippen LogP contribution in [0.4, 0.5) is 11.4 Å². The molecule has 3 N–H and O–H groups in total. The van der Waals surface area contributed by atoms with Crippen molar-refractivity contribution < 1.29 is 38.3 Å². The highest BCUT2D eigenvalue weighted by Crippen LogP contribution is 2.28. The molecule has 0 saturated heterocycles. The van der Waals surface area contributed by atoms with Crippen LogP contribution in [-0.2, 0) is 9.47 Å². The van der Waals surface area contributed by atoms with E-state index in [1.54, 1.807) is 72.8 Å². The highest BCUT2D eigenvalue weighted by Gasteiger charge is 2.13. The number of nitrogens with one attached hydrogen (secondary N) is 3. The summed E-state index contributed by atoms with van der Waals surface area (Å²) in [5, 5.41) is 15.6. The molecule has 3 aromatic carbocycles. The normalized spacial score (nSPS) is 10.6. The average molecular weight is 770 g/mol. The number of anilines is 1. The van der Waals surface area contributed by atoms with Crippen molar-refractivity contribution in [1.82, 2.24) is 19.9 Å². The molecule has 0 aliphatic carbocycles. The van der Waals surface area contributed by atoms with E-state index in [0.29, 0.717) is 50.1 Å². The smallest absolute Gasteiger partial charge is 0.354 e. The first kappa shape index (κ1) is 36.8. The standard InChI is InChI=1S/C22H15Cl2N3O4.C15H11N3O5/c1-30-22(29)19-10-13-8-15(4-6-18(13)27-19)31-20-7-3-14(11-25-20)26-21(28)12-2-5-16(23)17(24)9-12;1-22-15(19)13-7-9-6-11(3-4-12(9)17-13)23-14-5-2-10(8-16-14)18(20)21/h2-11,27H,1H3,(H,26,28);2-8,17H,1H3. The first-order valence-electron chi connectivity index (χ1n) is 15.6. The van der Waals surface area contributed by atoms with Crippen LogP contribution in [-0.4, -0.2) is 56.9 Å². The largest absolute Gasteiger partial charge is 0.464 e. The summed E-state index contributed by atoms with van der Waals surface area (Å²) in [4.78, 5) is 59.5. The van der Waals surface area contributed by atoms with Crippen LogP contribution in [0.3, 0.4) is 0 Å². The predicted molar refractivity (Wildman–Crippen MR) is 199 cm³/mol. The van der Waals surface area contributed by atoms with Crippen molar-refractivity contribution >= 4 is 74.2 Å². The number of esters is 2. The van der Waals surface area contributed by atoms with E-state index in [-0.39, 0.29) is 17.5 Å². The Morgan fingerprint density at radius 3 is 1.70 bits per heavy atom. The van der Waals surface area contributed by atoms with Crippen LogP contribution in [0, 0.1) is 10.1 Å². The highest BCUT2D eigenvalue weighted by molar-refractivity contribution is 6.42. The van der Waals surface area contributed by atoms with Gasteiger partial charge in [0.1, 0.15) is 29.1 Å². The summed E-state index contributed by atoms with van der Waals surface area (Å²) in [5.41, 5.74) is 2.99. The van der Waals surface area contributed by atoms with E-state index in [9.17, 15) is 24.5 Å². The summed E-state index contributed by atoms with van der Waals surface area (Å²) in [7, 11) is 2.63. The van der Waals surface area contributed by atoms with Crippen LogP contribution in [0.2, 0.25) is 10.0 Å². The fourth-order valence-corrected chi connectivity index (χ4v) is 5.22. The number of hydrogen-bond donors (Lipinski definition) is 3. The molecule has 0 spiro atoms. The maximum Gasteiger partial charge on any atom is 0.354 e. The lowest BCUT2D eigenvalue weighted by atomic mass is 10.2. The molecule has 7 rings (SSSR count). The fraction of sp³-hybridized carbons (Fsp3) is 0.0541. The number of aromatic nitrogens is 4. The third-order valence-electron chi connectivity index (χ3n) is 7.55. The molecular formula is C37H26Cl2N6O9. The molecule has 0 saturated carbocycles. The van der Waals surface area contributed by atoms with E-state index in [2.05, 4.69) is 30.0 Å². The van der Waals surface area contributed by atoms with Crippen LogP contribution in [0.5, 0.6) is 23.3 Å². The number of benzene rings is 3. The van der Waals surface area contributed by atoms with E-state index >= 15 is 0 Å². The quantitative estimate of drug-likeness (QED) is 0.0720. The van der Waals surface area contributed by atoms with Crippen molar-refractivity contribution in [1.29, 1.82) is 0 Å². The second-order valence-corrected chi connectivity index (χ2v) is 11.9. The van der Waals surface area contributed by atoms with Crippen LogP contribution in [0.15, 0.2) is 103 Å². The number of ether oxygens (including phenoxy) is 4. The maximum absolute atomic E-state index is 12.3. The van der Waals surface area contributed by atoms with Gasteiger partial charge in [0.15, 0.2) is 0 Å². The summed E-state index contributed by atoms with van der Waals surface area (Å²) in [6.07, 6.45) is 2.61. The summed E-state index contributed by atoms with van der Waals surface area (Å²) in [6.45, 7) is 0. The molecule has 0 bridgehead atoms. The van der Waals surface area contributed by atoms with Gasteiger partial charge in [0.2, 0.25) is 11.8 Å². The third kappa shape index (κ3) is 8.72. The van der Waals surface area contributed by atoms with Gasteiger partial charge in [0.25, 0.3) is 11.6 Å². The summed E-state index contributed by atoms with van der Waals surface area (Å²) in [5.74, 6) is 0.375. The maximum atomic E-state index is 12.3. The number of carbonyl (C=O) groups is 3. The van der Waals surface area contributed by atoms with Gasteiger partial charge in [-0.25, -0.2) is 19.6 Å². The topological polar surface area (TPSA) is 201 Å². The van der Waals surface area contributed by atoms with Crippen molar-refractivity contribution in [2.24, 2.45) is 0 Å². The fourth-order valence-electron chi connectivity index (χ4n) is 4.93. The van der Waals surface area contributed by atoms with Gasteiger partial charge in [0, 0.05) is 45.6 Å². The minimum Gasteiger partial charge on any atom is -0.464 e. The molecule has 15 nitrogen and oxygen atoms in total. The average Bonchev–Trinajstić information content (AvgIpc) is 3.81. The van der Waals surface area contributed by atoms with Crippen LogP contribution in [0.25, 0.3) is 21.8 Å².